The average Bonchev–Trinajstić information content (AvgIpc) is 2.52. The maximum atomic E-state index is 13.6. The predicted octanol–water partition coefficient (Wildman–Crippen LogP) is 4.39. The second kappa shape index (κ2) is 7.79. The summed E-state index contributed by atoms with van der Waals surface area (Å²) in [6.07, 6.45) is 0.985. The van der Waals surface area contributed by atoms with E-state index < -0.39 is 0 Å². The summed E-state index contributed by atoms with van der Waals surface area (Å²) in [5.74, 6) is 0.641. The molecule has 2 nitrogen and oxygen atoms in total. The Bertz CT molecular complexity index is 566. The van der Waals surface area contributed by atoms with Crippen LogP contribution in [0, 0.1) is 5.82 Å². The lowest BCUT2D eigenvalue weighted by atomic mass is 9.99. The summed E-state index contributed by atoms with van der Waals surface area (Å²) in [6.45, 7) is 6.48. The third-order valence-corrected chi connectivity index (χ3v) is 3.28. The molecule has 0 spiro atoms. The van der Waals surface area contributed by atoms with Gasteiger partial charge in [0.1, 0.15) is 11.6 Å². The normalized spacial score (nSPS) is 10.6. The predicted molar refractivity (Wildman–Crippen MR) is 85.0 cm³/mol. The lowest BCUT2D eigenvalue weighted by molar-refractivity contribution is 0.317. The fourth-order valence-corrected chi connectivity index (χ4v) is 2.18. The first-order chi connectivity index (χ1) is 10.2. The summed E-state index contributed by atoms with van der Waals surface area (Å²) in [7, 11) is 0. The molecule has 3 heteroatoms. The van der Waals surface area contributed by atoms with E-state index in [0.717, 1.165) is 42.0 Å². The molecule has 0 unspecified atom stereocenters. The van der Waals surface area contributed by atoms with E-state index in [-0.39, 0.29) is 5.82 Å². The van der Waals surface area contributed by atoms with Crippen molar-refractivity contribution in [3.05, 3.63) is 53.8 Å². The Balaban J connectivity index is 2.25. The Morgan fingerprint density at radius 1 is 1.05 bits per heavy atom. The van der Waals surface area contributed by atoms with E-state index in [4.69, 9.17) is 4.74 Å². The maximum absolute atomic E-state index is 13.6. The largest absolute Gasteiger partial charge is 0.494 e. The fourth-order valence-electron chi connectivity index (χ4n) is 2.18. The molecule has 2 aromatic carbocycles. The Hall–Kier alpha value is -1.87. The van der Waals surface area contributed by atoms with Crippen molar-refractivity contribution in [2.45, 2.75) is 26.8 Å². The van der Waals surface area contributed by atoms with Crippen LogP contribution < -0.4 is 10.1 Å². The number of hydrogen-bond acceptors (Lipinski definition) is 2. The van der Waals surface area contributed by atoms with Crippen molar-refractivity contribution in [1.82, 2.24) is 5.32 Å². The number of halogens is 1. The van der Waals surface area contributed by atoms with Crippen LogP contribution in [0.2, 0.25) is 0 Å². The minimum Gasteiger partial charge on any atom is -0.494 e. The van der Waals surface area contributed by atoms with Crippen LogP contribution in [0.25, 0.3) is 11.1 Å². The minimum atomic E-state index is -0.212. The van der Waals surface area contributed by atoms with Gasteiger partial charge in [-0.05, 0) is 53.9 Å². The number of nitrogens with one attached hydrogen (secondary N) is 1. The molecule has 0 saturated carbocycles. The van der Waals surface area contributed by atoms with Crippen LogP contribution >= 0.6 is 0 Å². The van der Waals surface area contributed by atoms with Gasteiger partial charge in [-0.25, -0.2) is 4.39 Å². The van der Waals surface area contributed by atoms with Gasteiger partial charge in [-0.1, -0.05) is 32.0 Å². The van der Waals surface area contributed by atoms with Crippen molar-refractivity contribution in [2.24, 2.45) is 0 Å². The molecule has 0 aliphatic carbocycles. The Morgan fingerprint density at radius 3 is 2.48 bits per heavy atom. The maximum Gasteiger partial charge on any atom is 0.123 e. The van der Waals surface area contributed by atoms with Gasteiger partial charge in [0, 0.05) is 6.54 Å². The van der Waals surface area contributed by atoms with E-state index >= 15 is 0 Å². The van der Waals surface area contributed by atoms with E-state index in [1.807, 2.05) is 30.3 Å². The summed E-state index contributed by atoms with van der Waals surface area (Å²) in [6, 6.07) is 12.8. The topological polar surface area (TPSA) is 21.3 Å². The van der Waals surface area contributed by atoms with Gasteiger partial charge in [0.2, 0.25) is 0 Å². The number of benzene rings is 2. The van der Waals surface area contributed by atoms with E-state index in [0.29, 0.717) is 6.61 Å². The van der Waals surface area contributed by atoms with Gasteiger partial charge in [0.25, 0.3) is 0 Å². The molecule has 0 atom stereocenters. The van der Waals surface area contributed by atoms with Crippen molar-refractivity contribution in [3.8, 4) is 16.9 Å². The van der Waals surface area contributed by atoms with E-state index in [1.165, 1.54) is 6.07 Å². The first kappa shape index (κ1) is 15.5. The minimum absolute atomic E-state index is 0.212. The van der Waals surface area contributed by atoms with E-state index in [1.54, 1.807) is 6.07 Å². The zero-order valence-corrected chi connectivity index (χ0v) is 12.7. The van der Waals surface area contributed by atoms with Gasteiger partial charge in [-0.15, -0.1) is 0 Å². The summed E-state index contributed by atoms with van der Waals surface area (Å²) in [4.78, 5) is 0. The van der Waals surface area contributed by atoms with Gasteiger partial charge in [0.05, 0.1) is 6.61 Å². The van der Waals surface area contributed by atoms with Crippen molar-refractivity contribution in [3.63, 3.8) is 0 Å². The summed E-state index contributed by atoms with van der Waals surface area (Å²) in [5, 5.41) is 3.29. The molecule has 21 heavy (non-hydrogen) atoms. The number of hydrogen-bond donors (Lipinski definition) is 1. The summed E-state index contributed by atoms with van der Waals surface area (Å²) < 4.78 is 19.1. The van der Waals surface area contributed by atoms with Crippen molar-refractivity contribution in [2.75, 3.05) is 13.2 Å². The smallest absolute Gasteiger partial charge is 0.123 e. The first-order valence-electron chi connectivity index (χ1n) is 7.47. The van der Waals surface area contributed by atoms with Crippen LogP contribution in [0.4, 0.5) is 4.39 Å². The third kappa shape index (κ3) is 4.30. The molecule has 0 aliphatic heterocycles. The van der Waals surface area contributed by atoms with Crippen LogP contribution in [-0.4, -0.2) is 13.2 Å². The van der Waals surface area contributed by atoms with E-state index in [9.17, 15) is 4.39 Å². The molecule has 112 valence electrons. The van der Waals surface area contributed by atoms with Crippen LogP contribution in [-0.2, 0) is 6.54 Å². The lowest BCUT2D eigenvalue weighted by Crippen LogP contribution is -2.12. The zero-order chi connectivity index (χ0) is 15.1. The van der Waals surface area contributed by atoms with Crippen molar-refractivity contribution in [1.29, 1.82) is 0 Å². The zero-order valence-electron chi connectivity index (χ0n) is 12.7. The second-order valence-corrected chi connectivity index (χ2v) is 4.95. The third-order valence-electron chi connectivity index (χ3n) is 3.28. The van der Waals surface area contributed by atoms with Gasteiger partial charge < -0.3 is 10.1 Å². The highest BCUT2D eigenvalue weighted by atomic mass is 19.1. The molecule has 0 aliphatic rings. The quantitative estimate of drug-likeness (QED) is 0.815. The van der Waals surface area contributed by atoms with E-state index in [2.05, 4.69) is 19.2 Å². The molecule has 0 radical (unpaired) electrons. The highest BCUT2D eigenvalue weighted by molar-refractivity contribution is 5.68. The molecule has 0 bridgehead atoms. The summed E-state index contributed by atoms with van der Waals surface area (Å²) in [5.41, 5.74) is 3.03. The standard InChI is InChI=1S/C18H22FNO/c1-3-11-21-17-9-6-14(7-10-17)18-12-16(19)8-5-15(18)13-20-4-2/h5-10,12,20H,3-4,11,13H2,1-2H3. The fraction of sp³-hybridized carbons (Fsp3) is 0.333. The molecule has 0 heterocycles. The molecule has 0 aromatic heterocycles. The molecule has 0 saturated heterocycles. The van der Waals surface area contributed by atoms with Crippen LogP contribution in [0.5, 0.6) is 5.75 Å². The monoisotopic (exact) mass is 287 g/mol. The Labute approximate surface area is 126 Å². The highest BCUT2D eigenvalue weighted by Gasteiger charge is 2.07. The van der Waals surface area contributed by atoms with Crippen LogP contribution in [0.1, 0.15) is 25.8 Å². The molecule has 0 fully saturated rings. The molecule has 2 aromatic rings. The van der Waals surface area contributed by atoms with Crippen LogP contribution in [0.3, 0.4) is 0 Å². The number of ether oxygens (including phenoxy) is 1. The summed E-state index contributed by atoms with van der Waals surface area (Å²) >= 11 is 0. The molecule has 2 rings (SSSR count). The van der Waals surface area contributed by atoms with Crippen molar-refractivity contribution < 1.29 is 9.13 Å². The first-order valence-corrected chi connectivity index (χ1v) is 7.47. The van der Waals surface area contributed by atoms with Gasteiger partial charge in [0.15, 0.2) is 0 Å². The molecular weight excluding hydrogens is 265 g/mol. The van der Waals surface area contributed by atoms with Crippen LogP contribution in [0.15, 0.2) is 42.5 Å². The van der Waals surface area contributed by atoms with Gasteiger partial charge in [-0.2, -0.15) is 0 Å². The molecule has 1 N–H and O–H groups in total. The average molecular weight is 287 g/mol. The molecular formula is C18H22FNO. The Kier molecular flexibility index (Phi) is 5.76. The molecule has 0 amide bonds. The van der Waals surface area contributed by atoms with Crippen molar-refractivity contribution >= 4 is 0 Å². The van der Waals surface area contributed by atoms with Gasteiger partial charge >= 0.3 is 0 Å². The Morgan fingerprint density at radius 2 is 1.81 bits per heavy atom. The highest BCUT2D eigenvalue weighted by Crippen LogP contribution is 2.27. The SMILES string of the molecule is CCCOc1ccc(-c2cc(F)ccc2CNCC)cc1. The van der Waals surface area contributed by atoms with Gasteiger partial charge in [-0.3, -0.25) is 0 Å². The lowest BCUT2D eigenvalue weighted by Gasteiger charge is -2.11. The second-order valence-electron chi connectivity index (χ2n) is 4.95. The number of rotatable bonds is 7.